The predicted molar refractivity (Wildman–Crippen MR) is 83.1 cm³/mol. The van der Waals surface area contributed by atoms with Crippen molar-refractivity contribution in [1.82, 2.24) is 5.32 Å². The molecule has 0 aromatic rings. The van der Waals surface area contributed by atoms with E-state index in [2.05, 4.69) is 5.32 Å². The van der Waals surface area contributed by atoms with Crippen molar-refractivity contribution < 1.29 is 9.47 Å². The molecule has 0 saturated heterocycles. The summed E-state index contributed by atoms with van der Waals surface area (Å²) < 4.78 is 10.4. The Balaban J connectivity index is 1.43. The maximum Gasteiger partial charge on any atom is 0.0700 e. The first-order chi connectivity index (χ1) is 9.85. The van der Waals surface area contributed by atoms with Crippen LogP contribution in [-0.2, 0) is 9.47 Å². The Hall–Kier alpha value is -0.120. The average Bonchev–Trinajstić information content (AvgIpc) is 2.92. The van der Waals surface area contributed by atoms with E-state index in [9.17, 15) is 0 Å². The fourth-order valence-electron chi connectivity index (χ4n) is 3.94. The van der Waals surface area contributed by atoms with Crippen LogP contribution < -0.4 is 5.32 Å². The molecule has 0 aliphatic heterocycles. The van der Waals surface area contributed by atoms with Crippen LogP contribution in [0.1, 0.15) is 64.2 Å². The highest BCUT2D eigenvalue weighted by Gasteiger charge is 2.37. The predicted octanol–water partition coefficient (Wildman–Crippen LogP) is 3.52. The van der Waals surface area contributed by atoms with Gasteiger partial charge in [-0.3, -0.25) is 0 Å². The second-order valence-electron chi connectivity index (χ2n) is 6.75. The standard InChI is InChI=1S/C17H33NO2/c1-19-14-15-20-13-5-4-12-18-16-6-10-17(11-7-16)8-2-3-9-17/h16,18H,2-15H2,1H3. The third-order valence-electron chi connectivity index (χ3n) is 5.29. The van der Waals surface area contributed by atoms with Gasteiger partial charge in [0, 0.05) is 19.8 Å². The minimum atomic E-state index is 0.710. The fourth-order valence-corrected chi connectivity index (χ4v) is 3.94. The molecule has 2 aliphatic rings. The molecule has 118 valence electrons. The Kier molecular flexibility index (Phi) is 7.32. The van der Waals surface area contributed by atoms with Gasteiger partial charge in [0.25, 0.3) is 0 Å². The van der Waals surface area contributed by atoms with E-state index in [0.29, 0.717) is 6.61 Å². The first-order valence-corrected chi connectivity index (χ1v) is 8.65. The quantitative estimate of drug-likeness (QED) is 0.657. The number of methoxy groups -OCH3 is 1. The van der Waals surface area contributed by atoms with E-state index in [0.717, 1.165) is 37.6 Å². The van der Waals surface area contributed by atoms with Crippen LogP contribution in [0, 0.1) is 5.41 Å². The molecule has 1 spiro atoms. The van der Waals surface area contributed by atoms with E-state index in [1.807, 2.05) is 0 Å². The zero-order chi connectivity index (χ0) is 14.1. The van der Waals surface area contributed by atoms with Crippen molar-refractivity contribution in [2.24, 2.45) is 5.41 Å². The largest absolute Gasteiger partial charge is 0.382 e. The number of hydrogen-bond donors (Lipinski definition) is 1. The van der Waals surface area contributed by atoms with Gasteiger partial charge in [0.15, 0.2) is 0 Å². The molecule has 0 aromatic heterocycles. The smallest absolute Gasteiger partial charge is 0.0700 e. The lowest BCUT2D eigenvalue weighted by atomic mass is 9.71. The molecule has 0 amide bonds. The SMILES string of the molecule is COCCOCCCCNC1CCC2(CCCC2)CC1. The molecule has 3 heteroatoms. The lowest BCUT2D eigenvalue weighted by Crippen LogP contribution is -2.37. The highest BCUT2D eigenvalue weighted by molar-refractivity contribution is 4.91. The van der Waals surface area contributed by atoms with Crippen LogP contribution in [0.15, 0.2) is 0 Å². The molecule has 1 N–H and O–H groups in total. The van der Waals surface area contributed by atoms with Crippen molar-refractivity contribution in [3.05, 3.63) is 0 Å². The van der Waals surface area contributed by atoms with E-state index in [1.54, 1.807) is 7.11 Å². The summed E-state index contributed by atoms with van der Waals surface area (Å²) in [6.07, 6.45) is 14.2. The van der Waals surface area contributed by atoms with Gasteiger partial charge in [0.2, 0.25) is 0 Å². The monoisotopic (exact) mass is 283 g/mol. The van der Waals surface area contributed by atoms with Gasteiger partial charge in [-0.2, -0.15) is 0 Å². The first-order valence-electron chi connectivity index (χ1n) is 8.65. The summed E-state index contributed by atoms with van der Waals surface area (Å²) in [5.74, 6) is 0. The Bertz CT molecular complexity index is 241. The van der Waals surface area contributed by atoms with Crippen LogP contribution in [0.2, 0.25) is 0 Å². The molecule has 2 saturated carbocycles. The Morgan fingerprint density at radius 2 is 1.70 bits per heavy atom. The van der Waals surface area contributed by atoms with E-state index in [-0.39, 0.29) is 0 Å². The van der Waals surface area contributed by atoms with Crippen molar-refractivity contribution >= 4 is 0 Å². The van der Waals surface area contributed by atoms with Gasteiger partial charge >= 0.3 is 0 Å². The van der Waals surface area contributed by atoms with Crippen molar-refractivity contribution in [3.8, 4) is 0 Å². The molecule has 0 radical (unpaired) electrons. The van der Waals surface area contributed by atoms with Crippen LogP contribution in [-0.4, -0.2) is 39.5 Å². The highest BCUT2D eigenvalue weighted by Crippen LogP contribution is 2.48. The van der Waals surface area contributed by atoms with Gasteiger partial charge in [-0.15, -0.1) is 0 Å². The second kappa shape index (κ2) is 9.01. The third kappa shape index (κ3) is 5.34. The lowest BCUT2D eigenvalue weighted by molar-refractivity contribution is 0.0686. The Morgan fingerprint density at radius 1 is 0.950 bits per heavy atom. The molecule has 2 fully saturated rings. The third-order valence-corrected chi connectivity index (χ3v) is 5.29. The lowest BCUT2D eigenvalue weighted by Gasteiger charge is -2.37. The van der Waals surface area contributed by atoms with Gasteiger partial charge in [-0.05, 0) is 63.3 Å². The summed E-state index contributed by atoms with van der Waals surface area (Å²) in [6.45, 7) is 3.47. The van der Waals surface area contributed by atoms with Crippen molar-refractivity contribution in [1.29, 1.82) is 0 Å². The van der Waals surface area contributed by atoms with Gasteiger partial charge in [-0.25, -0.2) is 0 Å². The molecule has 0 heterocycles. The summed E-state index contributed by atoms with van der Waals surface area (Å²) in [6, 6.07) is 0.788. The highest BCUT2D eigenvalue weighted by atomic mass is 16.5. The van der Waals surface area contributed by atoms with E-state index < -0.39 is 0 Å². The fraction of sp³-hybridized carbons (Fsp3) is 1.00. The van der Waals surface area contributed by atoms with Gasteiger partial charge in [0.05, 0.1) is 13.2 Å². The number of rotatable bonds is 9. The zero-order valence-electron chi connectivity index (χ0n) is 13.3. The van der Waals surface area contributed by atoms with Crippen LogP contribution in [0.4, 0.5) is 0 Å². The Morgan fingerprint density at radius 3 is 2.40 bits per heavy atom. The minimum absolute atomic E-state index is 0.710. The van der Waals surface area contributed by atoms with Crippen molar-refractivity contribution in [2.75, 3.05) is 33.5 Å². The molecular weight excluding hydrogens is 250 g/mol. The van der Waals surface area contributed by atoms with Crippen LogP contribution in [0.25, 0.3) is 0 Å². The van der Waals surface area contributed by atoms with Crippen molar-refractivity contribution in [2.45, 2.75) is 70.3 Å². The van der Waals surface area contributed by atoms with Gasteiger partial charge in [0.1, 0.15) is 0 Å². The summed E-state index contributed by atoms with van der Waals surface area (Å²) in [4.78, 5) is 0. The first kappa shape index (κ1) is 16.3. The molecular formula is C17H33NO2. The normalized spacial score (nSPS) is 22.6. The number of ether oxygens (including phenoxy) is 2. The van der Waals surface area contributed by atoms with Crippen LogP contribution in [0.5, 0.6) is 0 Å². The van der Waals surface area contributed by atoms with E-state index in [1.165, 1.54) is 57.8 Å². The van der Waals surface area contributed by atoms with Crippen LogP contribution in [0.3, 0.4) is 0 Å². The number of nitrogens with one attached hydrogen (secondary N) is 1. The van der Waals surface area contributed by atoms with Crippen LogP contribution >= 0.6 is 0 Å². The number of hydrogen-bond acceptors (Lipinski definition) is 3. The van der Waals surface area contributed by atoms with Gasteiger partial charge in [-0.1, -0.05) is 12.8 Å². The summed E-state index contributed by atoms with van der Waals surface area (Å²) in [7, 11) is 1.72. The van der Waals surface area contributed by atoms with E-state index in [4.69, 9.17) is 9.47 Å². The molecule has 3 nitrogen and oxygen atoms in total. The molecule has 20 heavy (non-hydrogen) atoms. The van der Waals surface area contributed by atoms with E-state index >= 15 is 0 Å². The summed E-state index contributed by atoms with van der Waals surface area (Å²) in [5.41, 5.74) is 0.771. The molecule has 0 unspecified atom stereocenters. The minimum Gasteiger partial charge on any atom is -0.382 e. The maximum atomic E-state index is 5.48. The van der Waals surface area contributed by atoms with Crippen molar-refractivity contribution in [3.63, 3.8) is 0 Å². The maximum absolute atomic E-state index is 5.48. The molecule has 0 bridgehead atoms. The number of unbranched alkanes of at least 4 members (excludes halogenated alkanes) is 1. The summed E-state index contributed by atoms with van der Waals surface area (Å²) >= 11 is 0. The average molecular weight is 283 g/mol. The molecule has 0 atom stereocenters. The zero-order valence-corrected chi connectivity index (χ0v) is 13.3. The topological polar surface area (TPSA) is 30.5 Å². The Labute approximate surface area is 124 Å². The summed E-state index contributed by atoms with van der Waals surface area (Å²) in [5, 5.41) is 3.75. The molecule has 2 rings (SSSR count). The molecule has 0 aromatic carbocycles. The molecule has 2 aliphatic carbocycles. The second-order valence-corrected chi connectivity index (χ2v) is 6.75. The van der Waals surface area contributed by atoms with Gasteiger partial charge < -0.3 is 14.8 Å².